The van der Waals surface area contributed by atoms with Crippen LogP contribution < -0.4 is 5.32 Å². The summed E-state index contributed by atoms with van der Waals surface area (Å²) in [5.41, 5.74) is 0.417. The van der Waals surface area contributed by atoms with Gasteiger partial charge in [-0.2, -0.15) is 0 Å². The van der Waals surface area contributed by atoms with E-state index in [9.17, 15) is 9.59 Å². The molecular weight excluding hydrogens is 349 g/mol. The molecule has 0 atom stereocenters. The molecule has 5 nitrogen and oxygen atoms in total. The highest BCUT2D eigenvalue weighted by Gasteiger charge is 2.21. The zero-order valence-corrected chi connectivity index (χ0v) is 14.5. The molecule has 1 aliphatic rings. The molecule has 122 valence electrons. The number of piperazine rings is 1. The molecule has 0 unspecified atom stereocenters. The summed E-state index contributed by atoms with van der Waals surface area (Å²) in [6, 6.07) is 4.68. The van der Waals surface area contributed by atoms with Gasteiger partial charge < -0.3 is 15.1 Å². The smallest absolute Gasteiger partial charge is 0.254 e. The first-order valence-electron chi connectivity index (χ1n) is 6.68. The van der Waals surface area contributed by atoms with Crippen LogP contribution in [0, 0.1) is 0 Å². The summed E-state index contributed by atoms with van der Waals surface area (Å²) in [5, 5.41) is 3.90. The van der Waals surface area contributed by atoms with E-state index in [-0.39, 0.29) is 30.8 Å². The van der Waals surface area contributed by atoms with Crippen molar-refractivity contribution < 1.29 is 9.59 Å². The first-order chi connectivity index (χ1) is 9.99. The number of halogens is 3. The molecule has 22 heavy (non-hydrogen) atoms. The van der Waals surface area contributed by atoms with Gasteiger partial charge >= 0.3 is 0 Å². The largest absolute Gasteiger partial charge is 0.339 e. The van der Waals surface area contributed by atoms with Crippen molar-refractivity contribution in [1.29, 1.82) is 0 Å². The van der Waals surface area contributed by atoms with E-state index in [4.69, 9.17) is 23.2 Å². The molecule has 2 rings (SSSR count). The van der Waals surface area contributed by atoms with Gasteiger partial charge in [0.2, 0.25) is 5.91 Å². The second-order valence-electron chi connectivity index (χ2n) is 4.92. The molecule has 0 saturated carbocycles. The first kappa shape index (κ1) is 19.0. The Morgan fingerprint density at radius 1 is 1.23 bits per heavy atom. The van der Waals surface area contributed by atoms with Crippen LogP contribution in [0.2, 0.25) is 10.0 Å². The molecule has 0 radical (unpaired) electrons. The van der Waals surface area contributed by atoms with Crippen LogP contribution in [0.3, 0.4) is 0 Å². The van der Waals surface area contributed by atoms with Gasteiger partial charge in [-0.1, -0.05) is 23.2 Å². The first-order valence-corrected chi connectivity index (χ1v) is 7.43. The minimum absolute atomic E-state index is 0. The predicted octanol–water partition coefficient (Wildman–Crippen LogP) is 1.92. The fourth-order valence-corrected chi connectivity index (χ4v) is 2.44. The van der Waals surface area contributed by atoms with Crippen molar-refractivity contribution in [3.63, 3.8) is 0 Å². The van der Waals surface area contributed by atoms with Crippen LogP contribution in [0.5, 0.6) is 0 Å². The van der Waals surface area contributed by atoms with Crippen molar-refractivity contribution in [1.82, 2.24) is 15.1 Å². The van der Waals surface area contributed by atoms with Gasteiger partial charge in [-0.3, -0.25) is 9.59 Å². The Balaban J connectivity index is 0.00000242. The molecular formula is C14H18Cl3N3O2. The number of hydrogen-bond donors (Lipinski definition) is 1. The van der Waals surface area contributed by atoms with E-state index < -0.39 is 0 Å². The third-order valence-electron chi connectivity index (χ3n) is 3.36. The van der Waals surface area contributed by atoms with Gasteiger partial charge in [-0.25, -0.2) is 0 Å². The Labute approximate surface area is 145 Å². The standard InChI is InChI=1S/C14H17Cl2N3O2.ClH/c1-18(9-13(20)19-6-4-17-5-7-19)14(21)10-2-3-11(15)12(16)8-10;/h2-3,8,17H,4-7,9H2,1H3;1H. The quantitative estimate of drug-likeness (QED) is 0.889. The summed E-state index contributed by atoms with van der Waals surface area (Å²) in [7, 11) is 1.60. The van der Waals surface area contributed by atoms with Gasteiger partial charge in [0.15, 0.2) is 0 Å². The molecule has 0 aliphatic carbocycles. The zero-order valence-electron chi connectivity index (χ0n) is 12.1. The highest BCUT2D eigenvalue weighted by atomic mass is 35.5. The van der Waals surface area contributed by atoms with E-state index in [1.165, 1.54) is 11.0 Å². The Morgan fingerprint density at radius 3 is 2.45 bits per heavy atom. The third kappa shape index (κ3) is 4.74. The Bertz CT molecular complexity index is 548. The van der Waals surface area contributed by atoms with Crippen LogP contribution in [0.15, 0.2) is 18.2 Å². The fraction of sp³-hybridized carbons (Fsp3) is 0.429. The maximum atomic E-state index is 12.3. The number of benzene rings is 1. The third-order valence-corrected chi connectivity index (χ3v) is 4.09. The van der Waals surface area contributed by atoms with E-state index in [2.05, 4.69) is 5.32 Å². The molecule has 1 aromatic carbocycles. The van der Waals surface area contributed by atoms with Crippen molar-refractivity contribution >= 4 is 47.4 Å². The second kappa shape index (κ2) is 8.58. The van der Waals surface area contributed by atoms with Gasteiger partial charge in [0, 0.05) is 38.8 Å². The van der Waals surface area contributed by atoms with Crippen LogP contribution in [-0.4, -0.2) is 61.4 Å². The van der Waals surface area contributed by atoms with Gasteiger partial charge in [-0.05, 0) is 18.2 Å². The van der Waals surface area contributed by atoms with Crippen molar-refractivity contribution in [2.45, 2.75) is 0 Å². The van der Waals surface area contributed by atoms with E-state index in [1.54, 1.807) is 24.1 Å². The van der Waals surface area contributed by atoms with Crippen LogP contribution in [0.4, 0.5) is 0 Å². The fourth-order valence-electron chi connectivity index (χ4n) is 2.14. The lowest BCUT2D eigenvalue weighted by atomic mass is 10.2. The van der Waals surface area contributed by atoms with Crippen molar-refractivity contribution in [2.24, 2.45) is 0 Å². The number of likely N-dealkylation sites (N-methyl/N-ethyl adjacent to an activating group) is 1. The number of carbonyl (C=O) groups excluding carboxylic acids is 2. The summed E-state index contributed by atoms with van der Waals surface area (Å²) in [6.07, 6.45) is 0. The monoisotopic (exact) mass is 365 g/mol. The minimum Gasteiger partial charge on any atom is -0.339 e. The van der Waals surface area contributed by atoms with Gasteiger partial charge in [0.25, 0.3) is 5.91 Å². The van der Waals surface area contributed by atoms with E-state index in [0.717, 1.165) is 13.1 Å². The molecule has 1 fully saturated rings. The van der Waals surface area contributed by atoms with Crippen molar-refractivity contribution in [2.75, 3.05) is 39.8 Å². The lowest BCUT2D eigenvalue weighted by Crippen LogP contribution is -2.49. The highest BCUT2D eigenvalue weighted by molar-refractivity contribution is 6.42. The molecule has 1 aliphatic heterocycles. The van der Waals surface area contributed by atoms with E-state index >= 15 is 0 Å². The summed E-state index contributed by atoms with van der Waals surface area (Å²) in [6.45, 7) is 2.98. The summed E-state index contributed by atoms with van der Waals surface area (Å²) in [4.78, 5) is 27.5. The average Bonchev–Trinajstić information content (AvgIpc) is 2.50. The molecule has 1 saturated heterocycles. The van der Waals surface area contributed by atoms with Crippen LogP contribution in [0.25, 0.3) is 0 Å². The number of rotatable bonds is 3. The Hall–Kier alpha value is -1.01. The van der Waals surface area contributed by atoms with Crippen molar-refractivity contribution in [3.05, 3.63) is 33.8 Å². The second-order valence-corrected chi connectivity index (χ2v) is 5.74. The molecule has 8 heteroatoms. The number of amides is 2. The summed E-state index contributed by atoms with van der Waals surface area (Å²) >= 11 is 11.7. The maximum Gasteiger partial charge on any atom is 0.254 e. The number of hydrogen-bond acceptors (Lipinski definition) is 3. The lowest BCUT2D eigenvalue weighted by molar-refractivity contribution is -0.132. The number of carbonyl (C=O) groups is 2. The SMILES string of the molecule is CN(CC(=O)N1CCNCC1)C(=O)c1ccc(Cl)c(Cl)c1.Cl. The zero-order chi connectivity index (χ0) is 15.4. The number of nitrogens with one attached hydrogen (secondary N) is 1. The molecule has 2 amide bonds. The van der Waals surface area contributed by atoms with E-state index in [1.807, 2.05) is 0 Å². The van der Waals surface area contributed by atoms with Crippen LogP contribution >= 0.6 is 35.6 Å². The molecule has 1 heterocycles. The topological polar surface area (TPSA) is 52.7 Å². The van der Waals surface area contributed by atoms with Crippen molar-refractivity contribution in [3.8, 4) is 0 Å². The van der Waals surface area contributed by atoms with Crippen LogP contribution in [-0.2, 0) is 4.79 Å². The highest BCUT2D eigenvalue weighted by Crippen LogP contribution is 2.23. The maximum absolute atomic E-state index is 12.3. The molecule has 1 aromatic rings. The van der Waals surface area contributed by atoms with Gasteiger partial charge in [0.1, 0.15) is 0 Å². The van der Waals surface area contributed by atoms with Crippen LogP contribution in [0.1, 0.15) is 10.4 Å². The normalized spacial score (nSPS) is 14.2. The lowest BCUT2D eigenvalue weighted by Gasteiger charge is -2.29. The summed E-state index contributed by atoms with van der Waals surface area (Å²) in [5.74, 6) is -0.301. The Kier molecular flexibility index (Phi) is 7.42. The minimum atomic E-state index is -0.253. The Morgan fingerprint density at radius 2 is 1.86 bits per heavy atom. The van der Waals surface area contributed by atoms with E-state index in [0.29, 0.717) is 28.7 Å². The predicted molar refractivity (Wildman–Crippen MR) is 90.1 cm³/mol. The average molecular weight is 367 g/mol. The van der Waals surface area contributed by atoms with Gasteiger partial charge in [0.05, 0.1) is 16.6 Å². The van der Waals surface area contributed by atoms with Gasteiger partial charge in [-0.15, -0.1) is 12.4 Å². The molecule has 0 spiro atoms. The molecule has 1 N–H and O–H groups in total. The molecule has 0 aromatic heterocycles. The number of nitrogens with zero attached hydrogens (tertiary/aromatic N) is 2. The summed E-state index contributed by atoms with van der Waals surface area (Å²) < 4.78 is 0. The molecule has 0 bridgehead atoms.